The summed E-state index contributed by atoms with van der Waals surface area (Å²) >= 11 is -0.762. The van der Waals surface area contributed by atoms with Crippen molar-refractivity contribution >= 4 is 20.6 Å². The first-order valence-corrected chi connectivity index (χ1v) is 8.37. The van der Waals surface area contributed by atoms with Crippen molar-refractivity contribution in [1.29, 1.82) is 0 Å². The summed E-state index contributed by atoms with van der Waals surface area (Å²) in [5, 5.41) is 8.56. The molecule has 0 bridgehead atoms. The molecule has 0 aromatic carbocycles. The van der Waals surface area contributed by atoms with Gasteiger partial charge in [0.2, 0.25) is 0 Å². The normalized spacial score (nSPS) is 15.2. The monoisotopic (exact) mass is 218 g/mol. The number of allylic oxidation sites excluding steroid dienone is 1. The zero-order valence-electron chi connectivity index (χ0n) is 7.46. The fraction of sp³-hybridized carbons (Fsp3) is 0.625. The van der Waals surface area contributed by atoms with Crippen molar-refractivity contribution in [2.24, 2.45) is 0 Å². The van der Waals surface area contributed by atoms with Crippen molar-refractivity contribution in [3.8, 4) is 0 Å². The average Bonchev–Trinajstić information content (AvgIpc) is 1.87. The summed E-state index contributed by atoms with van der Waals surface area (Å²) < 4.78 is 0.485. The molecule has 0 saturated heterocycles. The first-order valence-electron chi connectivity index (χ1n) is 3.53. The maximum atomic E-state index is 10.4. The van der Waals surface area contributed by atoms with Gasteiger partial charge in [-0.15, -0.1) is 0 Å². The van der Waals surface area contributed by atoms with E-state index in [-0.39, 0.29) is 0 Å². The molecular formula is C8H15AsO2. The fourth-order valence-corrected chi connectivity index (χ4v) is 1.68. The molecule has 0 spiro atoms. The topological polar surface area (TPSA) is 37.3 Å². The van der Waals surface area contributed by atoms with Gasteiger partial charge in [-0.25, -0.2) is 0 Å². The van der Waals surface area contributed by atoms with Crippen molar-refractivity contribution in [2.75, 3.05) is 0 Å². The van der Waals surface area contributed by atoms with E-state index < -0.39 is 20.6 Å². The van der Waals surface area contributed by atoms with Gasteiger partial charge in [0.05, 0.1) is 0 Å². The van der Waals surface area contributed by atoms with Gasteiger partial charge >= 0.3 is 72.1 Å². The Morgan fingerprint density at radius 1 is 1.55 bits per heavy atom. The first-order chi connectivity index (χ1) is 4.95. The van der Waals surface area contributed by atoms with E-state index in [0.29, 0.717) is 10.3 Å². The van der Waals surface area contributed by atoms with E-state index >= 15 is 0 Å². The number of carbonyl (C=O) groups is 1. The molecule has 0 rings (SSSR count). The van der Waals surface area contributed by atoms with Gasteiger partial charge in [0.25, 0.3) is 0 Å². The van der Waals surface area contributed by atoms with E-state index in [0.717, 1.165) is 0 Å². The van der Waals surface area contributed by atoms with Crippen LogP contribution in [0.5, 0.6) is 0 Å². The number of aliphatic carboxylic acids is 1. The van der Waals surface area contributed by atoms with E-state index in [2.05, 4.69) is 18.3 Å². The molecule has 0 aliphatic carbocycles. The molecule has 0 aliphatic heterocycles. The second-order valence-electron chi connectivity index (χ2n) is 2.86. The van der Waals surface area contributed by atoms with Crippen molar-refractivity contribution in [3.63, 3.8) is 0 Å². The number of carboxylic acids is 1. The predicted octanol–water partition coefficient (Wildman–Crippen LogP) is 2.16. The Balaban J connectivity index is 4.19. The Morgan fingerprint density at radius 3 is 2.27 bits per heavy atom. The third-order valence-corrected chi connectivity index (χ3v) is 5.37. The Bertz CT molecular complexity index is 173. The molecule has 0 heterocycles. The summed E-state index contributed by atoms with van der Waals surface area (Å²) in [6.07, 6.45) is 1.86. The van der Waals surface area contributed by atoms with Gasteiger partial charge in [-0.1, -0.05) is 0 Å². The Hall–Kier alpha value is -0.232. The molecule has 1 unspecified atom stereocenters. The molecule has 1 atom stereocenters. The fourth-order valence-electron chi connectivity index (χ4n) is 0.582. The molecule has 0 amide bonds. The van der Waals surface area contributed by atoms with Gasteiger partial charge in [0, 0.05) is 0 Å². The average molecular weight is 218 g/mol. The van der Waals surface area contributed by atoms with Crippen LogP contribution in [0, 0.1) is 0 Å². The van der Waals surface area contributed by atoms with Crippen molar-refractivity contribution in [3.05, 3.63) is 11.6 Å². The minimum atomic E-state index is -0.798. The van der Waals surface area contributed by atoms with E-state index in [1.165, 1.54) is 0 Å². The van der Waals surface area contributed by atoms with E-state index in [9.17, 15) is 4.79 Å². The number of carboxylic acid groups (broad SMARTS) is 1. The van der Waals surface area contributed by atoms with Gasteiger partial charge < -0.3 is 0 Å². The van der Waals surface area contributed by atoms with Crippen molar-refractivity contribution in [2.45, 2.75) is 30.0 Å². The van der Waals surface area contributed by atoms with Crippen LogP contribution in [0.25, 0.3) is 0 Å². The molecule has 3 heteroatoms. The van der Waals surface area contributed by atoms with Gasteiger partial charge in [-0.05, 0) is 0 Å². The molecule has 64 valence electrons. The summed E-state index contributed by atoms with van der Waals surface area (Å²) in [5.74, 6) is -0.798. The second kappa shape index (κ2) is 4.61. The van der Waals surface area contributed by atoms with Gasteiger partial charge in [0.1, 0.15) is 0 Å². The Labute approximate surface area is 72.6 Å². The Morgan fingerprint density at radius 2 is 2.00 bits per heavy atom. The third-order valence-electron chi connectivity index (χ3n) is 1.64. The summed E-state index contributed by atoms with van der Waals surface area (Å²) in [6.45, 7) is 3.74. The maximum absolute atomic E-state index is 10.4. The zero-order valence-corrected chi connectivity index (χ0v) is 9.33. The quantitative estimate of drug-likeness (QED) is 0.582. The molecule has 1 N–H and O–H groups in total. The SMILES string of the molecule is CC(=CC(C)[As](C)C)C(=O)O. The number of hydrogen-bond acceptors (Lipinski definition) is 1. The molecular weight excluding hydrogens is 203 g/mol. The van der Waals surface area contributed by atoms with Crippen LogP contribution in [0.1, 0.15) is 13.8 Å². The minimum absolute atomic E-state index is 0.473. The van der Waals surface area contributed by atoms with Crippen LogP contribution in [-0.4, -0.2) is 25.7 Å². The van der Waals surface area contributed by atoms with Crippen LogP contribution in [-0.2, 0) is 4.79 Å². The van der Waals surface area contributed by atoms with Crippen LogP contribution in [0.2, 0.25) is 16.1 Å². The summed E-state index contributed by atoms with van der Waals surface area (Å²) in [6, 6.07) is 0. The third kappa shape index (κ3) is 4.26. The van der Waals surface area contributed by atoms with Crippen molar-refractivity contribution in [1.82, 2.24) is 0 Å². The molecule has 0 aromatic heterocycles. The van der Waals surface area contributed by atoms with Crippen LogP contribution >= 0.6 is 0 Å². The van der Waals surface area contributed by atoms with E-state index in [4.69, 9.17) is 5.11 Å². The predicted molar refractivity (Wildman–Crippen MR) is 48.3 cm³/mol. The van der Waals surface area contributed by atoms with Crippen LogP contribution in [0.4, 0.5) is 0 Å². The molecule has 0 saturated carbocycles. The molecule has 2 nitrogen and oxygen atoms in total. The second-order valence-corrected chi connectivity index (χ2v) is 8.61. The van der Waals surface area contributed by atoms with E-state index in [1.54, 1.807) is 6.92 Å². The van der Waals surface area contributed by atoms with Crippen LogP contribution in [0.15, 0.2) is 11.6 Å². The zero-order chi connectivity index (χ0) is 9.02. The van der Waals surface area contributed by atoms with Crippen LogP contribution < -0.4 is 0 Å². The standard InChI is InChI=1S/C8H15AsO2/c1-6(8(10)11)5-7(2)9(3)4/h5,7H,1-4H3,(H,10,11). The number of hydrogen-bond donors (Lipinski definition) is 1. The van der Waals surface area contributed by atoms with Gasteiger partial charge in [-0.2, -0.15) is 0 Å². The summed E-state index contributed by atoms with van der Waals surface area (Å²) in [4.78, 5) is 10.4. The molecule has 0 aliphatic rings. The van der Waals surface area contributed by atoms with Gasteiger partial charge in [-0.3, -0.25) is 0 Å². The molecule has 0 aromatic rings. The molecule has 0 radical (unpaired) electrons. The Kier molecular flexibility index (Phi) is 4.51. The molecule has 11 heavy (non-hydrogen) atoms. The number of rotatable bonds is 3. The molecule has 0 fully saturated rings. The van der Waals surface area contributed by atoms with E-state index in [1.807, 2.05) is 6.08 Å². The van der Waals surface area contributed by atoms with Crippen molar-refractivity contribution < 1.29 is 9.90 Å². The first kappa shape index (κ1) is 10.8. The van der Waals surface area contributed by atoms with Gasteiger partial charge in [0.15, 0.2) is 0 Å². The summed E-state index contributed by atoms with van der Waals surface area (Å²) in [7, 11) is 0. The van der Waals surface area contributed by atoms with Crippen LogP contribution in [0.3, 0.4) is 0 Å². The summed E-state index contributed by atoms with van der Waals surface area (Å²) in [5.41, 5.74) is 4.92.